The summed E-state index contributed by atoms with van der Waals surface area (Å²) >= 11 is 1.55. The molecule has 0 aliphatic carbocycles. The zero-order valence-electron chi connectivity index (χ0n) is 18.3. The quantitative estimate of drug-likeness (QED) is 0.333. The van der Waals surface area contributed by atoms with Gasteiger partial charge in [0.05, 0.1) is 10.2 Å². The van der Waals surface area contributed by atoms with Gasteiger partial charge in [0.1, 0.15) is 11.5 Å². The van der Waals surface area contributed by atoms with Crippen molar-refractivity contribution in [3.63, 3.8) is 0 Å². The van der Waals surface area contributed by atoms with E-state index < -0.39 is 0 Å². The molecule has 0 saturated carbocycles. The number of benzene rings is 3. The molecular weight excluding hydrogens is 442 g/mol. The highest BCUT2D eigenvalue weighted by atomic mass is 35.5. The van der Waals surface area contributed by atoms with Crippen molar-refractivity contribution in [1.29, 1.82) is 0 Å². The predicted molar refractivity (Wildman–Crippen MR) is 135 cm³/mol. The number of carbonyl (C=O) groups excluding carboxylic acids is 1. The Hall–Kier alpha value is -2.93. The Morgan fingerprint density at radius 2 is 1.69 bits per heavy atom. The van der Waals surface area contributed by atoms with Crippen molar-refractivity contribution in [1.82, 2.24) is 9.88 Å². The molecule has 0 bridgehead atoms. The Morgan fingerprint density at radius 3 is 2.44 bits per heavy atom. The molecule has 1 heterocycles. The lowest BCUT2D eigenvalue weighted by Crippen LogP contribution is -2.36. The van der Waals surface area contributed by atoms with Crippen LogP contribution in [0.2, 0.25) is 0 Å². The van der Waals surface area contributed by atoms with Crippen molar-refractivity contribution in [2.75, 3.05) is 32.1 Å². The van der Waals surface area contributed by atoms with E-state index in [1.807, 2.05) is 74.8 Å². The number of nitrogens with zero attached hydrogens (tertiary/aromatic N) is 3. The number of aromatic nitrogens is 1. The van der Waals surface area contributed by atoms with E-state index in [4.69, 9.17) is 9.72 Å². The summed E-state index contributed by atoms with van der Waals surface area (Å²) in [7, 11) is 4.00. The second-order valence-electron chi connectivity index (χ2n) is 7.67. The number of hydrogen-bond donors (Lipinski definition) is 0. The third kappa shape index (κ3) is 5.65. The van der Waals surface area contributed by atoms with Crippen LogP contribution in [0.1, 0.15) is 15.9 Å². The Balaban J connectivity index is 0.00000289. The van der Waals surface area contributed by atoms with E-state index >= 15 is 0 Å². The first-order valence-electron chi connectivity index (χ1n) is 10.2. The number of halogens is 1. The van der Waals surface area contributed by atoms with Gasteiger partial charge in [0.25, 0.3) is 5.91 Å². The molecule has 0 saturated heterocycles. The molecule has 0 spiro atoms. The first-order valence-corrected chi connectivity index (χ1v) is 11.0. The Bertz CT molecular complexity index is 1190. The number of likely N-dealkylation sites (N-methyl/N-ethyl adjacent to an activating group) is 1. The third-order valence-electron chi connectivity index (χ3n) is 4.84. The van der Waals surface area contributed by atoms with Gasteiger partial charge in [-0.2, -0.15) is 0 Å². The van der Waals surface area contributed by atoms with Gasteiger partial charge in [-0.15, -0.1) is 12.4 Å². The fourth-order valence-electron chi connectivity index (χ4n) is 3.19. The highest BCUT2D eigenvalue weighted by Crippen LogP contribution is 2.31. The number of rotatable bonds is 7. The van der Waals surface area contributed by atoms with Gasteiger partial charge in [0.2, 0.25) is 0 Å². The van der Waals surface area contributed by atoms with Crippen LogP contribution in [0.25, 0.3) is 10.2 Å². The lowest BCUT2D eigenvalue weighted by Gasteiger charge is -2.22. The fourth-order valence-corrected chi connectivity index (χ4v) is 4.28. The van der Waals surface area contributed by atoms with Gasteiger partial charge in [0, 0.05) is 18.7 Å². The molecule has 0 fully saturated rings. The number of thiazole rings is 1. The summed E-state index contributed by atoms with van der Waals surface area (Å²) in [6, 6.07) is 23.0. The Morgan fingerprint density at radius 1 is 0.938 bits per heavy atom. The normalized spacial score (nSPS) is 10.8. The third-order valence-corrected chi connectivity index (χ3v) is 5.88. The van der Waals surface area contributed by atoms with E-state index in [-0.39, 0.29) is 18.3 Å². The summed E-state index contributed by atoms with van der Waals surface area (Å²) in [6.45, 7) is 3.35. The van der Waals surface area contributed by atoms with E-state index in [1.165, 1.54) is 5.56 Å². The van der Waals surface area contributed by atoms with Gasteiger partial charge in [-0.05, 0) is 69.0 Å². The summed E-state index contributed by atoms with van der Waals surface area (Å²) in [5.74, 6) is 1.28. The van der Waals surface area contributed by atoms with Crippen LogP contribution in [0, 0.1) is 6.92 Å². The monoisotopic (exact) mass is 467 g/mol. The summed E-state index contributed by atoms with van der Waals surface area (Å²) in [5.41, 5.74) is 2.66. The molecule has 1 aromatic heterocycles. The molecule has 5 nitrogen and oxygen atoms in total. The van der Waals surface area contributed by atoms with Crippen LogP contribution >= 0.6 is 23.7 Å². The second kappa shape index (κ2) is 10.6. The van der Waals surface area contributed by atoms with Crippen LogP contribution in [-0.4, -0.2) is 43.0 Å². The number of anilines is 1. The van der Waals surface area contributed by atoms with Crippen molar-refractivity contribution >= 4 is 45.0 Å². The first-order chi connectivity index (χ1) is 15.0. The molecule has 0 unspecified atom stereocenters. The molecule has 0 radical (unpaired) electrons. The molecule has 166 valence electrons. The molecule has 0 N–H and O–H groups in total. The number of ether oxygens (including phenoxy) is 1. The summed E-state index contributed by atoms with van der Waals surface area (Å²) in [5, 5.41) is 0.710. The molecule has 1 amide bonds. The maximum absolute atomic E-state index is 13.5. The van der Waals surface area contributed by atoms with Crippen LogP contribution in [-0.2, 0) is 0 Å². The molecule has 3 aromatic carbocycles. The molecule has 32 heavy (non-hydrogen) atoms. The number of fused-ring (bicyclic) bond motifs is 1. The van der Waals surface area contributed by atoms with Gasteiger partial charge >= 0.3 is 0 Å². The summed E-state index contributed by atoms with van der Waals surface area (Å²) in [6.07, 6.45) is 0. The van der Waals surface area contributed by atoms with Gasteiger partial charge in [0.15, 0.2) is 5.13 Å². The largest absolute Gasteiger partial charge is 0.457 e. The lowest BCUT2D eigenvalue weighted by atomic mass is 10.2. The van der Waals surface area contributed by atoms with Crippen molar-refractivity contribution in [3.8, 4) is 11.5 Å². The SMILES string of the molecule is Cc1ccc2nc(N(CCN(C)C)C(=O)c3cccc(Oc4ccccc4)c3)sc2c1.Cl. The number of aryl methyl sites for hydroxylation is 1. The zero-order chi connectivity index (χ0) is 21.8. The van der Waals surface area contributed by atoms with E-state index in [1.54, 1.807) is 22.3 Å². The Kier molecular flexibility index (Phi) is 7.85. The predicted octanol–water partition coefficient (Wildman–Crippen LogP) is 6.03. The minimum absolute atomic E-state index is 0. The summed E-state index contributed by atoms with van der Waals surface area (Å²) < 4.78 is 7.00. The maximum Gasteiger partial charge on any atom is 0.260 e. The van der Waals surface area contributed by atoms with E-state index in [0.29, 0.717) is 23.0 Å². The van der Waals surface area contributed by atoms with Crippen LogP contribution in [0.15, 0.2) is 72.8 Å². The molecule has 0 aliphatic rings. The number of amides is 1. The number of para-hydroxylation sites is 1. The lowest BCUT2D eigenvalue weighted by molar-refractivity contribution is 0.0985. The zero-order valence-corrected chi connectivity index (χ0v) is 20.0. The van der Waals surface area contributed by atoms with Crippen molar-refractivity contribution in [2.45, 2.75) is 6.92 Å². The minimum atomic E-state index is -0.0869. The molecule has 4 rings (SSSR count). The topological polar surface area (TPSA) is 45.7 Å². The van der Waals surface area contributed by atoms with Crippen molar-refractivity contribution in [3.05, 3.63) is 83.9 Å². The van der Waals surface area contributed by atoms with Gasteiger partial charge < -0.3 is 9.64 Å². The van der Waals surface area contributed by atoms with Crippen LogP contribution in [0.3, 0.4) is 0 Å². The van der Waals surface area contributed by atoms with E-state index in [9.17, 15) is 4.79 Å². The van der Waals surface area contributed by atoms with Crippen molar-refractivity contribution < 1.29 is 9.53 Å². The van der Waals surface area contributed by atoms with Gasteiger partial charge in [-0.1, -0.05) is 41.7 Å². The van der Waals surface area contributed by atoms with Gasteiger partial charge in [-0.25, -0.2) is 4.98 Å². The Labute approximate surface area is 198 Å². The van der Waals surface area contributed by atoms with Crippen LogP contribution in [0.4, 0.5) is 5.13 Å². The van der Waals surface area contributed by atoms with Gasteiger partial charge in [-0.3, -0.25) is 9.69 Å². The first kappa shape index (κ1) is 23.7. The smallest absolute Gasteiger partial charge is 0.260 e. The minimum Gasteiger partial charge on any atom is -0.457 e. The standard InChI is InChI=1S/C25H25N3O2S.ClH/c1-18-12-13-22-23(16-18)31-25(26-22)28(15-14-27(2)3)24(29)19-8-7-11-21(17-19)30-20-9-5-4-6-10-20;/h4-13,16-17H,14-15H2,1-3H3;1H. The molecule has 0 aliphatic heterocycles. The average Bonchev–Trinajstić information content (AvgIpc) is 3.17. The molecule has 7 heteroatoms. The highest BCUT2D eigenvalue weighted by Gasteiger charge is 2.22. The fraction of sp³-hybridized carbons (Fsp3) is 0.200. The average molecular weight is 468 g/mol. The molecular formula is C25H26ClN3O2S. The van der Waals surface area contributed by atoms with Crippen LogP contribution in [0.5, 0.6) is 11.5 Å². The van der Waals surface area contributed by atoms with Crippen molar-refractivity contribution in [2.24, 2.45) is 0 Å². The highest BCUT2D eigenvalue weighted by molar-refractivity contribution is 7.22. The summed E-state index contributed by atoms with van der Waals surface area (Å²) in [4.78, 5) is 22.1. The molecule has 0 atom stereocenters. The molecule has 4 aromatic rings. The maximum atomic E-state index is 13.5. The van der Waals surface area contributed by atoms with Crippen LogP contribution < -0.4 is 9.64 Å². The number of carbonyl (C=O) groups is 1. The number of hydrogen-bond acceptors (Lipinski definition) is 5. The van der Waals surface area contributed by atoms with E-state index in [2.05, 4.69) is 17.9 Å². The second-order valence-corrected chi connectivity index (χ2v) is 8.68. The van der Waals surface area contributed by atoms with E-state index in [0.717, 1.165) is 22.5 Å².